The number of amides is 2. The van der Waals surface area contributed by atoms with Gasteiger partial charge in [0.2, 0.25) is 0 Å². The Labute approximate surface area is 120 Å². The van der Waals surface area contributed by atoms with Crippen molar-refractivity contribution in [2.45, 2.75) is 20.3 Å². The fraction of sp³-hybridized carbons (Fsp3) is 0.467. The highest BCUT2D eigenvalue weighted by Crippen LogP contribution is 2.15. The highest BCUT2D eigenvalue weighted by Gasteiger charge is 2.14. The van der Waals surface area contributed by atoms with Gasteiger partial charge >= 0.3 is 11.8 Å². The monoisotopic (exact) mass is 278 g/mol. The third-order valence-electron chi connectivity index (χ3n) is 2.99. The SMILES string of the molecule is Cc1ccc(C)c(NC(=O)C(=O)NCCC[NH+](C)C)c1. The summed E-state index contributed by atoms with van der Waals surface area (Å²) in [7, 11) is 4.10. The van der Waals surface area contributed by atoms with Gasteiger partial charge in [-0.25, -0.2) is 0 Å². The van der Waals surface area contributed by atoms with Crippen LogP contribution in [-0.4, -0.2) is 39.0 Å². The predicted molar refractivity (Wildman–Crippen MR) is 79.9 cm³/mol. The van der Waals surface area contributed by atoms with Gasteiger partial charge in [-0.2, -0.15) is 0 Å². The molecular weight excluding hydrogens is 254 g/mol. The number of rotatable bonds is 5. The van der Waals surface area contributed by atoms with E-state index in [0.717, 1.165) is 24.1 Å². The molecule has 0 fully saturated rings. The molecule has 0 aliphatic carbocycles. The van der Waals surface area contributed by atoms with E-state index in [9.17, 15) is 9.59 Å². The van der Waals surface area contributed by atoms with E-state index in [4.69, 9.17) is 0 Å². The van der Waals surface area contributed by atoms with Crippen molar-refractivity contribution < 1.29 is 14.5 Å². The molecule has 110 valence electrons. The molecule has 2 amide bonds. The van der Waals surface area contributed by atoms with Crippen molar-refractivity contribution >= 4 is 17.5 Å². The number of carbonyl (C=O) groups excluding carboxylic acids is 2. The first-order valence-corrected chi connectivity index (χ1v) is 6.85. The molecule has 5 heteroatoms. The van der Waals surface area contributed by atoms with Gasteiger partial charge in [0, 0.05) is 18.7 Å². The third-order valence-corrected chi connectivity index (χ3v) is 2.99. The summed E-state index contributed by atoms with van der Waals surface area (Å²) in [6.07, 6.45) is 0.852. The van der Waals surface area contributed by atoms with Crippen LogP contribution in [0.1, 0.15) is 17.5 Å². The summed E-state index contributed by atoms with van der Waals surface area (Å²) < 4.78 is 0. The molecular formula is C15H24N3O2+. The van der Waals surface area contributed by atoms with Crippen molar-refractivity contribution in [3.63, 3.8) is 0 Å². The van der Waals surface area contributed by atoms with Gasteiger partial charge in [-0.1, -0.05) is 12.1 Å². The molecule has 0 aliphatic rings. The zero-order valence-corrected chi connectivity index (χ0v) is 12.7. The van der Waals surface area contributed by atoms with Crippen LogP contribution in [0.25, 0.3) is 0 Å². The van der Waals surface area contributed by atoms with Gasteiger partial charge in [-0.05, 0) is 31.0 Å². The number of hydrogen-bond acceptors (Lipinski definition) is 2. The largest absolute Gasteiger partial charge is 0.348 e. The molecule has 0 radical (unpaired) electrons. The standard InChI is InChI=1S/C15H23N3O2/c1-11-6-7-12(2)13(10-11)17-15(20)14(19)16-8-5-9-18(3)4/h6-7,10H,5,8-9H2,1-4H3,(H,16,19)(H,17,20)/p+1. The average molecular weight is 278 g/mol. The number of quaternary nitrogens is 1. The van der Waals surface area contributed by atoms with Crippen LogP contribution in [0.5, 0.6) is 0 Å². The maximum atomic E-state index is 11.8. The number of carbonyl (C=O) groups is 2. The fourth-order valence-corrected chi connectivity index (χ4v) is 1.77. The summed E-state index contributed by atoms with van der Waals surface area (Å²) >= 11 is 0. The Morgan fingerprint density at radius 3 is 2.50 bits per heavy atom. The van der Waals surface area contributed by atoms with Crippen LogP contribution in [0, 0.1) is 13.8 Å². The molecule has 0 aliphatic heterocycles. The molecule has 0 atom stereocenters. The number of benzene rings is 1. The molecule has 0 aromatic heterocycles. The Kier molecular flexibility index (Phi) is 6.18. The maximum absolute atomic E-state index is 11.8. The lowest BCUT2D eigenvalue weighted by atomic mass is 10.1. The minimum absolute atomic E-state index is 0.518. The van der Waals surface area contributed by atoms with E-state index < -0.39 is 11.8 Å². The van der Waals surface area contributed by atoms with Gasteiger partial charge in [0.1, 0.15) is 0 Å². The van der Waals surface area contributed by atoms with Crippen LogP contribution in [0.15, 0.2) is 18.2 Å². The van der Waals surface area contributed by atoms with E-state index in [1.807, 2.05) is 32.0 Å². The third kappa shape index (κ3) is 5.40. The lowest BCUT2D eigenvalue weighted by Crippen LogP contribution is -3.05. The van der Waals surface area contributed by atoms with Crippen LogP contribution in [0.2, 0.25) is 0 Å². The van der Waals surface area contributed by atoms with Crippen LogP contribution >= 0.6 is 0 Å². The first-order valence-electron chi connectivity index (χ1n) is 6.85. The van der Waals surface area contributed by atoms with Crippen LogP contribution in [0.3, 0.4) is 0 Å². The smallest absolute Gasteiger partial charge is 0.313 e. The lowest BCUT2D eigenvalue weighted by molar-refractivity contribution is -0.858. The molecule has 0 spiro atoms. The maximum Gasteiger partial charge on any atom is 0.313 e. The molecule has 5 nitrogen and oxygen atoms in total. The number of anilines is 1. The van der Waals surface area contributed by atoms with E-state index >= 15 is 0 Å². The summed E-state index contributed by atoms with van der Waals surface area (Å²) in [5, 5.41) is 5.27. The first kappa shape index (κ1) is 16.2. The zero-order valence-electron chi connectivity index (χ0n) is 12.7. The first-order chi connectivity index (χ1) is 9.40. The van der Waals surface area contributed by atoms with Gasteiger partial charge in [-0.15, -0.1) is 0 Å². The highest BCUT2D eigenvalue weighted by molar-refractivity contribution is 6.39. The average Bonchev–Trinajstić information content (AvgIpc) is 2.38. The molecule has 1 rings (SSSR count). The van der Waals surface area contributed by atoms with Gasteiger partial charge in [0.15, 0.2) is 0 Å². The lowest BCUT2D eigenvalue weighted by Gasteiger charge is -2.10. The quantitative estimate of drug-likeness (QED) is 0.520. The van der Waals surface area contributed by atoms with Crippen LogP contribution in [0.4, 0.5) is 5.69 Å². The van der Waals surface area contributed by atoms with Gasteiger partial charge in [-0.3, -0.25) is 9.59 Å². The number of hydrogen-bond donors (Lipinski definition) is 3. The van der Waals surface area contributed by atoms with Crippen molar-refractivity contribution in [3.8, 4) is 0 Å². The summed E-state index contributed by atoms with van der Waals surface area (Å²) in [5.74, 6) is -1.20. The summed E-state index contributed by atoms with van der Waals surface area (Å²) in [6.45, 7) is 5.31. The molecule has 0 bridgehead atoms. The van der Waals surface area contributed by atoms with E-state index in [1.54, 1.807) is 0 Å². The van der Waals surface area contributed by atoms with Crippen molar-refractivity contribution in [1.29, 1.82) is 0 Å². The minimum Gasteiger partial charge on any atom is -0.348 e. The molecule has 20 heavy (non-hydrogen) atoms. The van der Waals surface area contributed by atoms with E-state index in [2.05, 4.69) is 24.7 Å². The van der Waals surface area contributed by atoms with E-state index in [-0.39, 0.29) is 0 Å². The van der Waals surface area contributed by atoms with Crippen LogP contribution in [-0.2, 0) is 9.59 Å². The second kappa shape index (κ2) is 7.65. The topological polar surface area (TPSA) is 62.6 Å². The van der Waals surface area contributed by atoms with Crippen molar-refractivity contribution in [3.05, 3.63) is 29.3 Å². The van der Waals surface area contributed by atoms with Gasteiger partial charge < -0.3 is 15.5 Å². The summed E-state index contributed by atoms with van der Waals surface area (Å²) in [6, 6.07) is 5.74. The van der Waals surface area contributed by atoms with Crippen molar-refractivity contribution in [2.75, 3.05) is 32.5 Å². The Hall–Kier alpha value is -1.88. The fourth-order valence-electron chi connectivity index (χ4n) is 1.77. The Morgan fingerprint density at radius 1 is 1.15 bits per heavy atom. The number of aryl methyl sites for hydroxylation is 2. The number of nitrogens with one attached hydrogen (secondary N) is 3. The molecule has 1 aromatic carbocycles. The Balaban J connectivity index is 2.45. The van der Waals surface area contributed by atoms with Gasteiger partial charge in [0.05, 0.1) is 20.6 Å². The van der Waals surface area contributed by atoms with E-state index in [1.165, 1.54) is 4.90 Å². The Bertz CT molecular complexity index is 484. The molecule has 0 heterocycles. The molecule has 0 unspecified atom stereocenters. The van der Waals surface area contributed by atoms with E-state index in [0.29, 0.717) is 12.2 Å². The second-order valence-corrected chi connectivity index (χ2v) is 5.34. The van der Waals surface area contributed by atoms with Crippen molar-refractivity contribution in [1.82, 2.24) is 5.32 Å². The second-order valence-electron chi connectivity index (χ2n) is 5.34. The van der Waals surface area contributed by atoms with Gasteiger partial charge in [0.25, 0.3) is 0 Å². The summed E-state index contributed by atoms with van der Waals surface area (Å²) in [4.78, 5) is 24.8. The zero-order chi connectivity index (χ0) is 15.1. The Morgan fingerprint density at radius 2 is 1.85 bits per heavy atom. The molecule has 0 saturated heterocycles. The van der Waals surface area contributed by atoms with Crippen molar-refractivity contribution in [2.24, 2.45) is 0 Å². The highest BCUT2D eigenvalue weighted by atomic mass is 16.2. The molecule has 3 N–H and O–H groups in total. The normalized spacial score (nSPS) is 10.4. The summed E-state index contributed by atoms with van der Waals surface area (Å²) in [5.41, 5.74) is 2.66. The predicted octanol–water partition coefficient (Wildman–Crippen LogP) is -0.107. The molecule has 1 aromatic rings. The molecule has 0 saturated carbocycles. The van der Waals surface area contributed by atoms with Crippen LogP contribution < -0.4 is 15.5 Å². The minimum atomic E-state index is -0.615.